The van der Waals surface area contributed by atoms with E-state index in [1.165, 1.54) is 11.4 Å². The summed E-state index contributed by atoms with van der Waals surface area (Å²) in [6.07, 6.45) is 1.62. The normalized spacial score (nSPS) is 11.9. The van der Waals surface area contributed by atoms with Crippen LogP contribution in [0.1, 0.15) is 12.8 Å². The third-order valence-electron chi connectivity index (χ3n) is 2.62. The Morgan fingerprint density at radius 2 is 2.20 bits per heavy atom. The summed E-state index contributed by atoms with van der Waals surface area (Å²) in [4.78, 5) is 8.16. The number of rotatable bonds is 6. The van der Waals surface area contributed by atoms with Crippen LogP contribution in [0.3, 0.4) is 0 Å². The van der Waals surface area contributed by atoms with E-state index in [-0.39, 0.29) is 12.4 Å². The van der Waals surface area contributed by atoms with Crippen LogP contribution in [0.5, 0.6) is 0 Å². The molecule has 0 fully saturated rings. The number of hydrogen-bond donors (Lipinski definition) is 1. The van der Waals surface area contributed by atoms with Gasteiger partial charge < -0.3 is 4.52 Å². The predicted octanol–water partition coefficient (Wildman–Crippen LogP) is 0.418. The van der Waals surface area contributed by atoms with E-state index in [1.807, 2.05) is 0 Å². The molecule has 1 N–H and O–H groups in total. The molecule has 0 atom stereocenters. The lowest BCUT2D eigenvalue weighted by Gasteiger charge is -2.14. The van der Waals surface area contributed by atoms with Crippen molar-refractivity contribution in [1.82, 2.24) is 24.2 Å². The quantitative estimate of drug-likeness (QED) is 0.829. The van der Waals surface area contributed by atoms with Crippen molar-refractivity contribution in [3.63, 3.8) is 0 Å². The molecule has 108 valence electrons. The molecule has 9 heteroatoms. The molecule has 0 aromatic carbocycles. The highest BCUT2D eigenvalue weighted by atomic mass is 32.2. The highest BCUT2D eigenvalue weighted by Crippen LogP contribution is 2.11. The van der Waals surface area contributed by atoms with Gasteiger partial charge >= 0.3 is 0 Å². The van der Waals surface area contributed by atoms with Gasteiger partial charge in [0.05, 0.1) is 6.54 Å². The SMILES string of the molecule is CCN(C)S(=O)(=O)NCc1nc(-c2ccccn2)no1. The molecule has 8 nitrogen and oxygen atoms in total. The summed E-state index contributed by atoms with van der Waals surface area (Å²) in [5.41, 5.74) is 0.566. The lowest BCUT2D eigenvalue weighted by molar-refractivity contribution is 0.373. The Balaban J connectivity index is 2.04. The van der Waals surface area contributed by atoms with Crippen molar-refractivity contribution in [2.45, 2.75) is 13.5 Å². The van der Waals surface area contributed by atoms with Crippen LogP contribution in [0, 0.1) is 0 Å². The molecule has 2 aromatic rings. The number of nitrogens with zero attached hydrogens (tertiary/aromatic N) is 4. The van der Waals surface area contributed by atoms with Gasteiger partial charge in [-0.15, -0.1) is 0 Å². The van der Waals surface area contributed by atoms with Gasteiger partial charge in [-0.05, 0) is 12.1 Å². The van der Waals surface area contributed by atoms with Gasteiger partial charge in [-0.2, -0.15) is 22.4 Å². The molecule has 20 heavy (non-hydrogen) atoms. The third kappa shape index (κ3) is 3.38. The minimum absolute atomic E-state index is 0.0630. The van der Waals surface area contributed by atoms with E-state index >= 15 is 0 Å². The molecule has 0 spiro atoms. The largest absolute Gasteiger partial charge is 0.337 e. The van der Waals surface area contributed by atoms with Crippen LogP contribution >= 0.6 is 0 Å². The van der Waals surface area contributed by atoms with Gasteiger partial charge in [0, 0.05) is 19.8 Å². The fourth-order valence-corrected chi connectivity index (χ4v) is 2.23. The van der Waals surface area contributed by atoms with Crippen LogP contribution in [0.25, 0.3) is 11.5 Å². The van der Waals surface area contributed by atoms with Gasteiger partial charge in [0.25, 0.3) is 10.2 Å². The van der Waals surface area contributed by atoms with Crippen LogP contribution in [-0.2, 0) is 16.8 Å². The van der Waals surface area contributed by atoms with E-state index in [0.29, 0.717) is 18.1 Å². The van der Waals surface area contributed by atoms with Crippen molar-refractivity contribution in [3.05, 3.63) is 30.3 Å². The molecule has 0 bridgehead atoms. The van der Waals surface area contributed by atoms with Crippen molar-refractivity contribution in [1.29, 1.82) is 0 Å². The van der Waals surface area contributed by atoms with Gasteiger partial charge in [-0.3, -0.25) is 4.98 Å². The molecule has 0 aliphatic rings. The highest BCUT2D eigenvalue weighted by molar-refractivity contribution is 7.87. The van der Waals surface area contributed by atoms with Gasteiger partial charge in [-0.1, -0.05) is 18.1 Å². The summed E-state index contributed by atoms with van der Waals surface area (Å²) in [5, 5.41) is 3.76. The van der Waals surface area contributed by atoms with Crippen LogP contribution < -0.4 is 4.72 Å². The minimum atomic E-state index is -3.52. The highest BCUT2D eigenvalue weighted by Gasteiger charge is 2.17. The monoisotopic (exact) mass is 297 g/mol. The Morgan fingerprint density at radius 3 is 2.85 bits per heavy atom. The maximum atomic E-state index is 11.7. The molecular formula is C11H15N5O3S. The second-order valence-corrected chi connectivity index (χ2v) is 5.83. The van der Waals surface area contributed by atoms with Crippen LogP contribution in [0.2, 0.25) is 0 Å². The molecule has 0 aliphatic heterocycles. The summed E-state index contributed by atoms with van der Waals surface area (Å²) in [5.74, 6) is 0.502. The first-order valence-corrected chi connectivity index (χ1v) is 7.42. The van der Waals surface area contributed by atoms with Gasteiger partial charge in [0.15, 0.2) is 0 Å². The summed E-state index contributed by atoms with van der Waals surface area (Å²) in [6.45, 7) is 2.05. The lowest BCUT2D eigenvalue weighted by Crippen LogP contribution is -2.37. The van der Waals surface area contributed by atoms with Gasteiger partial charge in [-0.25, -0.2) is 0 Å². The van der Waals surface area contributed by atoms with E-state index in [2.05, 4.69) is 19.8 Å². The summed E-state index contributed by atoms with van der Waals surface area (Å²) >= 11 is 0. The molecule has 0 unspecified atom stereocenters. The topological polar surface area (TPSA) is 101 Å². The molecule has 2 heterocycles. The van der Waals surface area contributed by atoms with Crippen molar-refractivity contribution in [3.8, 4) is 11.5 Å². The predicted molar refractivity (Wildman–Crippen MR) is 71.6 cm³/mol. The average molecular weight is 297 g/mol. The first kappa shape index (κ1) is 14.6. The van der Waals surface area contributed by atoms with E-state index in [9.17, 15) is 8.42 Å². The molecule has 2 aromatic heterocycles. The number of pyridine rings is 1. The zero-order valence-electron chi connectivity index (χ0n) is 11.1. The fourth-order valence-electron chi connectivity index (χ4n) is 1.36. The second kappa shape index (κ2) is 6.07. The molecule has 2 rings (SSSR count). The molecule has 0 saturated carbocycles. The van der Waals surface area contributed by atoms with Crippen molar-refractivity contribution >= 4 is 10.2 Å². The Labute approximate surface area is 117 Å². The van der Waals surface area contributed by atoms with E-state index < -0.39 is 10.2 Å². The van der Waals surface area contributed by atoms with Crippen molar-refractivity contribution in [2.24, 2.45) is 0 Å². The molecule has 0 saturated heterocycles. The molecular weight excluding hydrogens is 282 g/mol. The molecule has 0 amide bonds. The Bertz CT molecular complexity index is 656. The summed E-state index contributed by atoms with van der Waals surface area (Å²) in [6, 6.07) is 5.32. The van der Waals surface area contributed by atoms with Crippen LogP contribution in [0.15, 0.2) is 28.9 Å². The Kier molecular flexibility index (Phi) is 4.42. The third-order valence-corrected chi connectivity index (χ3v) is 4.21. The zero-order valence-corrected chi connectivity index (χ0v) is 12.0. The smallest absolute Gasteiger partial charge is 0.279 e. The molecule has 0 aliphatic carbocycles. The summed E-state index contributed by atoms with van der Waals surface area (Å²) < 4.78 is 32.0. The maximum Gasteiger partial charge on any atom is 0.279 e. The first-order valence-electron chi connectivity index (χ1n) is 5.98. The second-order valence-electron chi connectivity index (χ2n) is 3.97. The zero-order chi connectivity index (χ0) is 14.6. The number of aromatic nitrogens is 3. The fraction of sp³-hybridized carbons (Fsp3) is 0.364. The van der Waals surface area contributed by atoms with Gasteiger partial charge in [0.2, 0.25) is 11.7 Å². The average Bonchev–Trinajstić information content (AvgIpc) is 2.94. The maximum absolute atomic E-state index is 11.7. The summed E-state index contributed by atoms with van der Waals surface area (Å²) in [7, 11) is -2.04. The van der Waals surface area contributed by atoms with Crippen LogP contribution in [-0.4, -0.2) is 41.4 Å². The van der Waals surface area contributed by atoms with Crippen LogP contribution in [0.4, 0.5) is 0 Å². The lowest BCUT2D eigenvalue weighted by atomic mass is 10.3. The van der Waals surface area contributed by atoms with E-state index in [1.54, 1.807) is 31.3 Å². The first-order chi connectivity index (χ1) is 9.53. The van der Waals surface area contributed by atoms with E-state index in [0.717, 1.165) is 0 Å². The minimum Gasteiger partial charge on any atom is -0.337 e. The molecule has 0 radical (unpaired) electrons. The van der Waals surface area contributed by atoms with Crippen molar-refractivity contribution in [2.75, 3.05) is 13.6 Å². The van der Waals surface area contributed by atoms with Crippen molar-refractivity contribution < 1.29 is 12.9 Å². The standard InChI is InChI=1S/C11H15N5O3S/c1-3-16(2)20(17,18)13-8-10-14-11(15-19-10)9-6-4-5-7-12-9/h4-7,13H,3,8H2,1-2H3. The number of nitrogens with one attached hydrogen (secondary N) is 1. The van der Waals surface area contributed by atoms with Gasteiger partial charge in [0.1, 0.15) is 5.69 Å². The van der Waals surface area contributed by atoms with E-state index in [4.69, 9.17) is 4.52 Å². The Hall–Kier alpha value is -1.84. The Morgan fingerprint density at radius 1 is 1.40 bits per heavy atom. The number of hydrogen-bond acceptors (Lipinski definition) is 6.